The van der Waals surface area contributed by atoms with Crippen LogP contribution in [0.25, 0.3) is 0 Å². The van der Waals surface area contributed by atoms with E-state index in [9.17, 15) is 5.11 Å². The number of ether oxygens (including phenoxy) is 2. The summed E-state index contributed by atoms with van der Waals surface area (Å²) in [7, 11) is 5.29. The van der Waals surface area contributed by atoms with Crippen LogP contribution in [0.4, 0.5) is 0 Å². The summed E-state index contributed by atoms with van der Waals surface area (Å²) in [6.45, 7) is 3.46. The van der Waals surface area contributed by atoms with Crippen molar-refractivity contribution in [3.8, 4) is 5.75 Å². The van der Waals surface area contributed by atoms with Crippen LogP contribution in [0.1, 0.15) is 18.6 Å². The van der Waals surface area contributed by atoms with Crippen molar-refractivity contribution < 1.29 is 14.6 Å². The molecular formula is C14H23NO3. The molecule has 0 amide bonds. The van der Waals surface area contributed by atoms with Gasteiger partial charge in [0.25, 0.3) is 0 Å². The molecule has 4 nitrogen and oxygen atoms in total. The van der Waals surface area contributed by atoms with Crippen LogP contribution in [0.2, 0.25) is 0 Å². The molecule has 4 heteroatoms. The maximum atomic E-state index is 10.3. The number of aliphatic hydroxyl groups excluding tert-OH is 1. The fourth-order valence-corrected chi connectivity index (χ4v) is 1.76. The van der Waals surface area contributed by atoms with Gasteiger partial charge in [-0.05, 0) is 31.7 Å². The average Bonchev–Trinajstić information content (AvgIpc) is 2.43. The molecule has 0 aromatic heterocycles. The molecule has 0 aliphatic heterocycles. The topological polar surface area (TPSA) is 41.9 Å². The summed E-state index contributed by atoms with van der Waals surface area (Å²) in [5.74, 6) is 0.798. The van der Waals surface area contributed by atoms with E-state index in [4.69, 9.17) is 9.47 Å². The van der Waals surface area contributed by atoms with E-state index in [-0.39, 0.29) is 6.04 Å². The Labute approximate surface area is 109 Å². The van der Waals surface area contributed by atoms with Crippen molar-refractivity contribution in [2.75, 3.05) is 34.4 Å². The maximum absolute atomic E-state index is 10.3. The molecule has 0 spiro atoms. The minimum absolute atomic E-state index is 0.0357. The highest BCUT2D eigenvalue weighted by Gasteiger charge is 2.20. The number of benzene rings is 1. The predicted molar refractivity (Wildman–Crippen MR) is 71.9 cm³/mol. The Hall–Kier alpha value is -1.10. The first-order chi connectivity index (χ1) is 8.60. The Bertz CT molecular complexity index is 339. The van der Waals surface area contributed by atoms with Crippen LogP contribution in [0, 0.1) is 0 Å². The largest absolute Gasteiger partial charge is 0.497 e. The molecule has 1 N–H and O–H groups in total. The second-order valence-corrected chi connectivity index (χ2v) is 4.43. The Morgan fingerprint density at radius 3 is 2.33 bits per heavy atom. The zero-order chi connectivity index (χ0) is 13.5. The van der Waals surface area contributed by atoms with E-state index in [0.29, 0.717) is 6.61 Å². The highest BCUT2D eigenvalue weighted by molar-refractivity contribution is 5.28. The Morgan fingerprint density at radius 2 is 1.83 bits per heavy atom. The molecule has 2 atom stereocenters. The highest BCUT2D eigenvalue weighted by Crippen LogP contribution is 2.22. The normalized spacial score (nSPS) is 14.6. The monoisotopic (exact) mass is 253 g/mol. The smallest absolute Gasteiger partial charge is 0.118 e. The third-order valence-electron chi connectivity index (χ3n) is 3.26. The number of methoxy groups -OCH3 is 2. The third kappa shape index (κ3) is 3.98. The number of nitrogens with zero attached hydrogens (tertiary/aromatic N) is 1. The van der Waals surface area contributed by atoms with Crippen molar-refractivity contribution in [2.45, 2.75) is 19.1 Å². The van der Waals surface area contributed by atoms with Crippen LogP contribution in [0.15, 0.2) is 24.3 Å². The summed E-state index contributed by atoms with van der Waals surface area (Å²) in [4.78, 5) is 2.08. The molecular weight excluding hydrogens is 230 g/mol. The Kier molecular flexibility index (Phi) is 6.12. The molecule has 18 heavy (non-hydrogen) atoms. The number of rotatable bonds is 7. The van der Waals surface area contributed by atoms with Gasteiger partial charge in [-0.25, -0.2) is 0 Å². The molecule has 0 fully saturated rings. The molecule has 0 saturated heterocycles. The second-order valence-electron chi connectivity index (χ2n) is 4.43. The lowest BCUT2D eigenvalue weighted by Gasteiger charge is -2.28. The van der Waals surface area contributed by atoms with Gasteiger partial charge in [-0.15, -0.1) is 0 Å². The van der Waals surface area contributed by atoms with Crippen LogP contribution >= 0.6 is 0 Å². The summed E-state index contributed by atoms with van der Waals surface area (Å²) < 4.78 is 10.1. The Morgan fingerprint density at radius 1 is 1.22 bits per heavy atom. The minimum atomic E-state index is -0.516. The van der Waals surface area contributed by atoms with Gasteiger partial charge in [0.2, 0.25) is 0 Å². The first kappa shape index (κ1) is 15.0. The van der Waals surface area contributed by atoms with E-state index in [1.165, 1.54) is 0 Å². The highest BCUT2D eigenvalue weighted by atomic mass is 16.5. The molecule has 0 saturated carbocycles. The van der Waals surface area contributed by atoms with Crippen LogP contribution in [0.3, 0.4) is 0 Å². The third-order valence-corrected chi connectivity index (χ3v) is 3.26. The van der Waals surface area contributed by atoms with Crippen molar-refractivity contribution in [2.24, 2.45) is 0 Å². The average molecular weight is 253 g/mol. The van der Waals surface area contributed by atoms with Gasteiger partial charge < -0.3 is 14.6 Å². The molecule has 102 valence electrons. The molecule has 0 aliphatic carbocycles. The molecule has 1 rings (SSSR count). The number of hydrogen-bond donors (Lipinski definition) is 1. The molecule has 1 aromatic carbocycles. The van der Waals surface area contributed by atoms with E-state index < -0.39 is 6.10 Å². The SMILES string of the molecule is COCCN(C)C(C)C(O)c1ccc(OC)cc1. The van der Waals surface area contributed by atoms with Crippen LogP contribution in [0.5, 0.6) is 5.75 Å². The van der Waals surface area contributed by atoms with Gasteiger partial charge in [0, 0.05) is 19.7 Å². The first-order valence-electron chi connectivity index (χ1n) is 6.11. The zero-order valence-electron chi connectivity index (χ0n) is 11.6. The minimum Gasteiger partial charge on any atom is -0.497 e. The van der Waals surface area contributed by atoms with Gasteiger partial charge in [-0.2, -0.15) is 0 Å². The standard InChI is InChI=1S/C14H23NO3/c1-11(15(2)9-10-17-3)14(16)12-5-7-13(18-4)8-6-12/h5-8,11,14,16H,9-10H2,1-4H3. The maximum Gasteiger partial charge on any atom is 0.118 e. The molecule has 0 bridgehead atoms. The van der Waals surface area contributed by atoms with Gasteiger partial charge >= 0.3 is 0 Å². The van der Waals surface area contributed by atoms with Gasteiger partial charge in [-0.1, -0.05) is 12.1 Å². The molecule has 0 aliphatic rings. The van der Waals surface area contributed by atoms with E-state index in [1.54, 1.807) is 14.2 Å². The lowest BCUT2D eigenvalue weighted by Crippen LogP contribution is -2.36. The zero-order valence-corrected chi connectivity index (χ0v) is 11.6. The summed E-state index contributed by atoms with van der Waals surface area (Å²) >= 11 is 0. The molecule has 1 aromatic rings. The van der Waals surface area contributed by atoms with Gasteiger partial charge in [0.1, 0.15) is 5.75 Å². The van der Waals surface area contributed by atoms with Crippen molar-refractivity contribution in [3.05, 3.63) is 29.8 Å². The first-order valence-corrected chi connectivity index (χ1v) is 6.11. The van der Waals surface area contributed by atoms with Crippen molar-refractivity contribution >= 4 is 0 Å². The summed E-state index contributed by atoms with van der Waals surface area (Å²) in [6, 6.07) is 7.54. The second kappa shape index (κ2) is 7.36. The Balaban J connectivity index is 2.63. The lowest BCUT2D eigenvalue weighted by atomic mass is 10.0. The van der Waals surface area contributed by atoms with Crippen molar-refractivity contribution in [3.63, 3.8) is 0 Å². The van der Waals surface area contributed by atoms with E-state index in [1.807, 2.05) is 38.2 Å². The van der Waals surface area contributed by atoms with Crippen molar-refractivity contribution in [1.82, 2.24) is 4.90 Å². The molecule has 0 radical (unpaired) electrons. The summed E-state index contributed by atoms with van der Waals surface area (Å²) in [5, 5.41) is 10.3. The number of hydrogen-bond acceptors (Lipinski definition) is 4. The number of likely N-dealkylation sites (N-methyl/N-ethyl adjacent to an activating group) is 1. The quantitative estimate of drug-likeness (QED) is 0.803. The molecule has 0 heterocycles. The van der Waals surface area contributed by atoms with Gasteiger partial charge in [-0.3, -0.25) is 4.90 Å². The van der Waals surface area contributed by atoms with E-state index in [2.05, 4.69) is 4.90 Å². The van der Waals surface area contributed by atoms with E-state index in [0.717, 1.165) is 17.9 Å². The fraction of sp³-hybridized carbons (Fsp3) is 0.571. The predicted octanol–water partition coefficient (Wildman–Crippen LogP) is 1.70. The molecule has 2 unspecified atom stereocenters. The van der Waals surface area contributed by atoms with E-state index >= 15 is 0 Å². The van der Waals surface area contributed by atoms with Crippen LogP contribution in [-0.2, 0) is 4.74 Å². The summed E-state index contributed by atoms with van der Waals surface area (Å²) in [5.41, 5.74) is 0.896. The summed E-state index contributed by atoms with van der Waals surface area (Å²) in [6.07, 6.45) is -0.516. The lowest BCUT2D eigenvalue weighted by molar-refractivity contribution is 0.0566. The van der Waals surface area contributed by atoms with Crippen LogP contribution in [-0.4, -0.2) is 50.5 Å². The van der Waals surface area contributed by atoms with Gasteiger partial charge in [0.15, 0.2) is 0 Å². The fourth-order valence-electron chi connectivity index (χ4n) is 1.76. The van der Waals surface area contributed by atoms with Crippen LogP contribution < -0.4 is 4.74 Å². The van der Waals surface area contributed by atoms with Gasteiger partial charge in [0.05, 0.1) is 19.8 Å². The van der Waals surface area contributed by atoms with Crippen molar-refractivity contribution in [1.29, 1.82) is 0 Å². The number of aliphatic hydroxyl groups is 1.